The summed E-state index contributed by atoms with van der Waals surface area (Å²) in [5.41, 5.74) is 3.06. The van der Waals surface area contributed by atoms with Crippen LogP contribution in [0.15, 0.2) is 23.1 Å². The van der Waals surface area contributed by atoms with Crippen molar-refractivity contribution in [3.05, 3.63) is 35.9 Å². The van der Waals surface area contributed by atoms with Crippen molar-refractivity contribution < 1.29 is 4.42 Å². The molecule has 3 heterocycles. The topological polar surface area (TPSA) is 90.5 Å². The normalized spacial score (nSPS) is 11.1. The Morgan fingerprint density at radius 1 is 0.909 bits per heavy atom. The van der Waals surface area contributed by atoms with E-state index in [0.29, 0.717) is 11.8 Å². The SMILES string of the molecule is Cc1ncncc1-c1nnc(-c2cnc(C(C)C)nc2C)o1. The second-order valence-corrected chi connectivity index (χ2v) is 5.32. The van der Waals surface area contributed by atoms with E-state index in [1.165, 1.54) is 6.33 Å². The fraction of sp³-hybridized carbons (Fsp3) is 0.333. The molecule has 0 unspecified atom stereocenters. The van der Waals surface area contributed by atoms with E-state index >= 15 is 0 Å². The molecule has 0 radical (unpaired) electrons. The van der Waals surface area contributed by atoms with Gasteiger partial charge in [-0.1, -0.05) is 13.8 Å². The Morgan fingerprint density at radius 3 is 2.18 bits per heavy atom. The van der Waals surface area contributed by atoms with Crippen LogP contribution in [0.4, 0.5) is 0 Å². The molecule has 0 fully saturated rings. The molecule has 0 amide bonds. The molecule has 7 heteroatoms. The lowest BCUT2D eigenvalue weighted by molar-refractivity contribution is 0.581. The summed E-state index contributed by atoms with van der Waals surface area (Å²) in [5, 5.41) is 8.16. The zero-order chi connectivity index (χ0) is 15.7. The van der Waals surface area contributed by atoms with Gasteiger partial charge in [0.15, 0.2) is 0 Å². The second kappa shape index (κ2) is 5.59. The van der Waals surface area contributed by atoms with E-state index in [4.69, 9.17) is 4.42 Å². The van der Waals surface area contributed by atoms with Crippen LogP contribution >= 0.6 is 0 Å². The predicted octanol–water partition coefficient (Wildman–Crippen LogP) is 2.72. The highest BCUT2D eigenvalue weighted by atomic mass is 16.4. The fourth-order valence-corrected chi connectivity index (χ4v) is 2.01. The van der Waals surface area contributed by atoms with Gasteiger partial charge in [0.2, 0.25) is 0 Å². The van der Waals surface area contributed by atoms with Crippen molar-refractivity contribution >= 4 is 0 Å². The third-order valence-electron chi connectivity index (χ3n) is 3.31. The summed E-state index contributed by atoms with van der Waals surface area (Å²) in [6.07, 6.45) is 4.87. The molecule has 3 rings (SSSR count). The summed E-state index contributed by atoms with van der Waals surface area (Å²) >= 11 is 0. The lowest BCUT2D eigenvalue weighted by Crippen LogP contribution is -2.00. The van der Waals surface area contributed by atoms with Gasteiger partial charge in [0.1, 0.15) is 12.2 Å². The average molecular weight is 296 g/mol. The molecule has 0 bridgehead atoms. The molecular formula is C15H16N6O. The average Bonchev–Trinajstić information content (AvgIpc) is 2.97. The Hall–Kier alpha value is -2.70. The van der Waals surface area contributed by atoms with Gasteiger partial charge in [-0.2, -0.15) is 0 Å². The number of aromatic nitrogens is 6. The third kappa shape index (κ3) is 2.57. The molecule has 3 aromatic heterocycles. The van der Waals surface area contributed by atoms with E-state index in [-0.39, 0.29) is 5.92 Å². The van der Waals surface area contributed by atoms with Crippen molar-refractivity contribution in [2.45, 2.75) is 33.6 Å². The predicted molar refractivity (Wildman–Crippen MR) is 79.9 cm³/mol. The van der Waals surface area contributed by atoms with E-state index in [2.05, 4.69) is 44.0 Å². The monoisotopic (exact) mass is 296 g/mol. The summed E-state index contributed by atoms with van der Waals surface area (Å²) in [6, 6.07) is 0. The number of hydrogen-bond acceptors (Lipinski definition) is 7. The van der Waals surface area contributed by atoms with Crippen molar-refractivity contribution in [3.8, 4) is 22.9 Å². The standard InChI is InChI=1S/C15H16N6O/c1-8(2)13-17-6-12(10(4)19-13)15-21-20-14(22-15)11-5-16-7-18-9(11)3/h5-8H,1-4H3. The summed E-state index contributed by atoms with van der Waals surface area (Å²) in [7, 11) is 0. The number of rotatable bonds is 3. The lowest BCUT2D eigenvalue weighted by atomic mass is 10.2. The van der Waals surface area contributed by atoms with Gasteiger partial charge in [-0.3, -0.25) is 0 Å². The van der Waals surface area contributed by atoms with Gasteiger partial charge in [0.25, 0.3) is 11.8 Å². The van der Waals surface area contributed by atoms with Gasteiger partial charge in [0.05, 0.1) is 22.5 Å². The van der Waals surface area contributed by atoms with E-state index in [1.807, 2.05) is 13.8 Å². The molecule has 0 N–H and O–H groups in total. The third-order valence-corrected chi connectivity index (χ3v) is 3.31. The van der Waals surface area contributed by atoms with Gasteiger partial charge >= 0.3 is 0 Å². The maximum Gasteiger partial charge on any atom is 0.251 e. The number of aryl methyl sites for hydroxylation is 2. The van der Waals surface area contributed by atoms with Gasteiger partial charge in [-0.25, -0.2) is 19.9 Å². The zero-order valence-corrected chi connectivity index (χ0v) is 12.9. The van der Waals surface area contributed by atoms with Crippen molar-refractivity contribution in [1.82, 2.24) is 30.1 Å². The minimum absolute atomic E-state index is 0.273. The summed E-state index contributed by atoms with van der Waals surface area (Å²) in [4.78, 5) is 16.9. The molecule has 112 valence electrons. The highest BCUT2D eigenvalue weighted by Crippen LogP contribution is 2.26. The first-order valence-corrected chi connectivity index (χ1v) is 7.00. The van der Waals surface area contributed by atoms with E-state index in [0.717, 1.165) is 28.3 Å². The van der Waals surface area contributed by atoms with Crippen LogP contribution in [0.2, 0.25) is 0 Å². The largest absolute Gasteiger partial charge is 0.416 e. The molecule has 0 aromatic carbocycles. The summed E-state index contributed by atoms with van der Waals surface area (Å²) in [6.45, 7) is 7.88. The molecule has 0 aliphatic carbocycles. The van der Waals surface area contributed by atoms with Crippen LogP contribution in [0.1, 0.15) is 37.0 Å². The van der Waals surface area contributed by atoms with Crippen molar-refractivity contribution in [2.75, 3.05) is 0 Å². The molecule has 7 nitrogen and oxygen atoms in total. The highest BCUT2D eigenvalue weighted by Gasteiger charge is 2.16. The van der Waals surface area contributed by atoms with E-state index < -0.39 is 0 Å². The van der Waals surface area contributed by atoms with Crippen molar-refractivity contribution in [3.63, 3.8) is 0 Å². The first-order chi connectivity index (χ1) is 10.6. The Labute approximate surface area is 127 Å². The lowest BCUT2D eigenvalue weighted by Gasteiger charge is -2.06. The molecule has 0 atom stereocenters. The van der Waals surface area contributed by atoms with Gasteiger partial charge in [-0.05, 0) is 13.8 Å². The molecule has 22 heavy (non-hydrogen) atoms. The number of hydrogen-bond donors (Lipinski definition) is 0. The van der Waals surface area contributed by atoms with Crippen molar-refractivity contribution in [2.24, 2.45) is 0 Å². The molecule has 0 saturated carbocycles. The smallest absolute Gasteiger partial charge is 0.251 e. The van der Waals surface area contributed by atoms with E-state index in [9.17, 15) is 0 Å². The first-order valence-electron chi connectivity index (χ1n) is 7.00. The Bertz CT molecular complexity index is 811. The first kappa shape index (κ1) is 14.2. The number of nitrogens with zero attached hydrogens (tertiary/aromatic N) is 6. The fourth-order valence-electron chi connectivity index (χ4n) is 2.01. The molecule has 0 saturated heterocycles. The maximum atomic E-state index is 5.74. The van der Waals surface area contributed by atoms with Gasteiger partial charge < -0.3 is 4.42 Å². The zero-order valence-electron chi connectivity index (χ0n) is 12.9. The molecular weight excluding hydrogens is 280 g/mol. The van der Waals surface area contributed by atoms with Crippen LogP contribution in [0, 0.1) is 13.8 Å². The van der Waals surface area contributed by atoms with Crippen LogP contribution < -0.4 is 0 Å². The van der Waals surface area contributed by atoms with Crippen LogP contribution in [0.3, 0.4) is 0 Å². The van der Waals surface area contributed by atoms with Gasteiger partial charge in [-0.15, -0.1) is 10.2 Å². The molecule has 0 aliphatic rings. The van der Waals surface area contributed by atoms with Gasteiger partial charge in [0, 0.05) is 18.3 Å². The highest BCUT2D eigenvalue weighted by molar-refractivity contribution is 5.59. The van der Waals surface area contributed by atoms with Crippen molar-refractivity contribution in [1.29, 1.82) is 0 Å². The molecule has 0 spiro atoms. The minimum atomic E-state index is 0.273. The molecule has 3 aromatic rings. The molecule has 0 aliphatic heterocycles. The van der Waals surface area contributed by atoms with Crippen LogP contribution in [-0.2, 0) is 0 Å². The Balaban J connectivity index is 2.00. The van der Waals surface area contributed by atoms with E-state index in [1.54, 1.807) is 12.4 Å². The Morgan fingerprint density at radius 2 is 1.59 bits per heavy atom. The summed E-state index contributed by atoms with van der Waals surface area (Å²) in [5.74, 6) is 1.86. The second-order valence-electron chi connectivity index (χ2n) is 5.32. The Kier molecular flexibility index (Phi) is 3.62. The van der Waals surface area contributed by atoms with Crippen LogP contribution in [0.5, 0.6) is 0 Å². The maximum absolute atomic E-state index is 5.74. The summed E-state index contributed by atoms with van der Waals surface area (Å²) < 4.78 is 5.74. The van der Waals surface area contributed by atoms with Crippen LogP contribution in [-0.4, -0.2) is 30.1 Å². The van der Waals surface area contributed by atoms with Crippen LogP contribution in [0.25, 0.3) is 22.9 Å². The minimum Gasteiger partial charge on any atom is -0.416 e. The quantitative estimate of drug-likeness (QED) is 0.733.